The molecule has 3 fully saturated rings. The van der Waals surface area contributed by atoms with Crippen LogP contribution in [0, 0.1) is 0 Å². The zero-order chi connectivity index (χ0) is 21.4. The van der Waals surface area contributed by atoms with Crippen molar-refractivity contribution in [1.82, 2.24) is 19.9 Å². The average Bonchev–Trinajstić information content (AvgIpc) is 3.13. The molecule has 0 aromatic carbocycles. The van der Waals surface area contributed by atoms with Crippen molar-refractivity contribution < 1.29 is 22.9 Å². The molecule has 0 unspecified atom stereocenters. The topological polar surface area (TPSA) is 106 Å². The van der Waals surface area contributed by atoms with E-state index in [9.17, 15) is 18.4 Å². The minimum absolute atomic E-state index is 0.123. The molecule has 1 aromatic heterocycles. The van der Waals surface area contributed by atoms with Crippen molar-refractivity contribution in [3.05, 3.63) is 11.7 Å². The number of aromatic nitrogens is 2. The van der Waals surface area contributed by atoms with Gasteiger partial charge in [0.1, 0.15) is 0 Å². The Balaban J connectivity index is 1.38. The maximum absolute atomic E-state index is 13.6. The van der Waals surface area contributed by atoms with Gasteiger partial charge in [-0.25, -0.2) is 8.78 Å². The molecule has 2 amide bonds. The molecule has 3 heterocycles. The fourth-order valence-corrected chi connectivity index (χ4v) is 4.47. The highest BCUT2D eigenvalue weighted by atomic mass is 19.3. The summed E-state index contributed by atoms with van der Waals surface area (Å²) in [5, 5.41) is 4.08. The van der Waals surface area contributed by atoms with Gasteiger partial charge in [0.05, 0.1) is 6.54 Å². The largest absolute Gasteiger partial charge is 0.337 e. The van der Waals surface area contributed by atoms with Crippen molar-refractivity contribution in [3.8, 4) is 0 Å². The highest BCUT2D eigenvalue weighted by molar-refractivity contribution is 5.78. The van der Waals surface area contributed by atoms with Crippen molar-refractivity contribution in [2.45, 2.75) is 81.7 Å². The van der Waals surface area contributed by atoms with Crippen LogP contribution in [0.2, 0.25) is 0 Å². The SMILES string of the molecule is N[C@@]1(c2nc(C3CCC3)no2)CCCCN1C(=O)CCCN1CC(F)(F)CCC1=O. The van der Waals surface area contributed by atoms with Gasteiger partial charge in [-0.05, 0) is 38.5 Å². The molecular weight excluding hydrogens is 396 g/mol. The molecule has 1 saturated carbocycles. The Labute approximate surface area is 174 Å². The van der Waals surface area contributed by atoms with Gasteiger partial charge in [0.2, 0.25) is 11.8 Å². The minimum Gasteiger partial charge on any atom is -0.337 e. The maximum Gasteiger partial charge on any atom is 0.267 e. The van der Waals surface area contributed by atoms with Crippen LogP contribution < -0.4 is 5.73 Å². The first-order valence-electron chi connectivity index (χ1n) is 10.9. The molecular formula is C20H29F2N5O3. The van der Waals surface area contributed by atoms with Gasteiger partial charge in [0.25, 0.3) is 11.8 Å². The summed E-state index contributed by atoms with van der Waals surface area (Å²) in [4.78, 5) is 32.1. The van der Waals surface area contributed by atoms with Gasteiger partial charge < -0.3 is 20.1 Å². The number of amides is 2. The van der Waals surface area contributed by atoms with E-state index in [0.29, 0.717) is 31.1 Å². The summed E-state index contributed by atoms with van der Waals surface area (Å²) in [5.74, 6) is -2.09. The van der Waals surface area contributed by atoms with Crippen molar-refractivity contribution in [3.63, 3.8) is 0 Å². The number of hydrogen-bond acceptors (Lipinski definition) is 6. The van der Waals surface area contributed by atoms with Crippen molar-refractivity contribution in [2.24, 2.45) is 5.73 Å². The van der Waals surface area contributed by atoms with Gasteiger partial charge in [-0.15, -0.1) is 0 Å². The molecule has 2 aliphatic heterocycles. The number of carbonyl (C=O) groups excluding carboxylic acids is 2. The van der Waals surface area contributed by atoms with E-state index >= 15 is 0 Å². The molecule has 0 bridgehead atoms. The minimum atomic E-state index is -2.85. The predicted molar refractivity (Wildman–Crippen MR) is 102 cm³/mol. The van der Waals surface area contributed by atoms with E-state index in [0.717, 1.165) is 37.0 Å². The van der Waals surface area contributed by atoms with Crippen LogP contribution in [0.5, 0.6) is 0 Å². The third-order valence-corrected chi connectivity index (χ3v) is 6.55. The third kappa shape index (κ3) is 4.19. The second kappa shape index (κ2) is 8.20. The molecule has 1 atom stereocenters. The number of likely N-dealkylation sites (tertiary alicyclic amines) is 2. The van der Waals surface area contributed by atoms with Crippen LogP contribution in [0.15, 0.2) is 4.52 Å². The van der Waals surface area contributed by atoms with Crippen LogP contribution in [0.25, 0.3) is 0 Å². The molecule has 2 saturated heterocycles. The van der Waals surface area contributed by atoms with Gasteiger partial charge >= 0.3 is 0 Å². The first kappa shape index (κ1) is 21.1. The van der Waals surface area contributed by atoms with Gasteiger partial charge in [-0.3, -0.25) is 9.59 Å². The molecule has 166 valence electrons. The van der Waals surface area contributed by atoms with E-state index in [1.165, 1.54) is 0 Å². The number of rotatable bonds is 6. The summed E-state index contributed by atoms with van der Waals surface area (Å²) >= 11 is 0. The van der Waals surface area contributed by atoms with Gasteiger partial charge in [-0.2, -0.15) is 4.98 Å². The van der Waals surface area contributed by atoms with E-state index in [2.05, 4.69) is 10.1 Å². The summed E-state index contributed by atoms with van der Waals surface area (Å²) in [5.41, 5.74) is 5.48. The average molecular weight is 425 g/mol. The number of nitrogens with zero attached hydrogens (tertiary/aromatic N) is 4. The number of alkyl halides is 2. The summed E-state index contributed by atoms with van der Waals surface area (Å²) in [6.45, 7) is 0.0473. The molecule has 30 heavy (non-hydrogen) atoms. The lowest BCUT2D eigenvalue weighted by Gasteiger charge is -2.42. The normalized spacial score (nSPS) is 27.2. The summed E-state index contributed by atoms with van der Waals surface area (Å²) in [7, 11) is 0. The predicted octanol–water partition coefficient (Wildman–Crippen LogP) is 2.50. The van der Waals surface area contributed by atoms with Crippen molar-refractivity contribution in [2.75, 3.05) is 19.6 Å². The zero-order valence-corrected chi connectivity index (χ0v) is 17.1. The van der Waals surface area contributed by atoms with Gasteiger partial charge in [-0.1, -0.05) is 11.6 Å². The number of carbonyl (C=O) groups is 2. The number of hydrogen-bond donors (Lipinski definition) is 1. The monoisotopic (exact) mass is 425 g/mol. The summed E-state index contributed by atoms with van der Waals surface area (Å²) < 4.78 is 32.6. The smallest absolute Gasteiger partial charge is 0.267 e. The first-order valence-corrected chi connectivity index (χ1v) is 10.9. The first-order chi connectivity index (χ1) is 14.3. The van der Waals surface area contributed by atoms with Crippen molar-refractivity contribution >= 4 is 11.8 Å². The van der Waals surface area contributed by atoms with Crippen LogP contribution in [0.4, 0.5) is 8.78 Å². The molecule has 3 aliphatic rings. The number of halogens is 2. The second-order valence-electron chi connectivity index (χ2n) is 8.79. The Morgan fingerprint density at radius 3 is 2.77 bits per heavy atom. The van der Waals surface area contributed by atoms with Crippen LogP contribution in [0.1, 0.15) is 81.8 Å². The lowest BCUT2D eigenvalue weighted by atomic mass is 9.85. The molecule has 1 aliphatic carbocycles. The zero-order valence-electron chi connectivity index (χ0n) is 17.1. The highest BCUT2D eigenvalue weighted by Gasteiger charge is 2.45. The quantitative estimate of drug-likeness (QED) is 0.751. The highest BCUT2D eigenvalue weighted by Crippen LogP contribution is 2.37. The van der Waals surface area contributed by atoms with E-state index in [-0.39, 0.29) is 37.1 Å². The van der Waals surface area contributed by atoms with E-state index in [1.54, 1.807) is 4.90 Å². The Morgan fingerprint density at radius 2 is 2.03 bits per heavy atom. The fraction of sp³-hybridized carbons (Fsp3) is 0.800. The van der Waals surface area contributed by atoms with E-state index < -0.39 is 24.6 Å². The molecule has 8 nitrogen and oxygen atoms in total. The molecule has 2 N–H and O–H groups in total. The van der Waals surface area contributed by atoms with Gasteiger partial charge in [0, 0.05) is 38.3 Å². The Kier molecular flexibility index (Phi) is 5.78. The Morgan fingerprint density at radius 1 is 1.23 bits per heavy atom. The van der Waals surface area contributed by atoms with Crippen LogP contribution >= 0.6 is 0 Å². The van der Waals surface area contributed by atoms with Crippen LogP contribution in [-0.2, 0) is 15.3 Å². The Hall–Kier alpha value is -2.10. The maximum atomic E-state index is 13.6. The standard InChI is InChI=1S/C20H29F2N5O3/c21-19(22)10-8-15(28)26(13-19)11-4-7-16(29)27-12-2-1-9-20(27,23)18-24-17(25-30-18)14-5-3-6-14/h14H,1-13,23H2/t20-/m0/s1. The molecule has 0 spiro atoms. The van der Waals surface area contributed by atoms with Crippen LogP contribution in [-0.4, -0.2) is 57.3 Å². The summed E-state index contributed by atoms with van der Waals surface area (Å²) in [6, 6.07) is 0. The third-order valence-electron chi connectivity index (χ3n) is 6.55. The lowest BCUT2D eigenvalue weighted by molar-refractivity contribution is -0.148. The molecule has 10 heteroatoms. The van der Waals surface area contributed by atoms with Crippen molar-refractivity contribution in [1.29, 1.82) is 0 Å². The molecule has 0 radical (unpaired) electrons. The lowest BCUT2D eigenvalue weighted by Crippen LogP contribution is -2.58. The fourth-order valence-electron chi connectivity index (χ4n) is 4.47. The number of nitrogens with two attached hydrogens (primary N) is 1. The number of piperidine rings is 2. The summed E-state index contributed by atoms with van der Waals surface area (Å²) in [6.07, 6.45) is 5.30. The van der Waals surface area contributed by atoms with E-state index in [1.807, 2.05) is 0 Å². The molecule has 4 rings (SSSR count). The Bertz CT molecular complexity index is 797. The molecule has 1 aromatic rings. The van der Waals surface area contributed by atoms with E-state index in [4.69, 9.17) is 10.3 Å². The second-order valence-corrected chi connectivity index (χ2v) is 8.79. The van der Waals surface area contributed by atoms with Gasteiger partial charge in [0.15, 0.2) is 11.5 Å². The van der Waals surface area contributed by atoms with Crippen LogP contribution in [0.3, 0.4) is 0 Å².